The normalized spacial score (nSPS) is 30.6. The van der Waals surface area contributed by atoms with Crippen molar-refractivity contribution in [1.29, 1.82) is 0 Å². The molecule has 0 aromatic heterocycles. The van der Waals surface area contributed by atoms with Crippen molar-refractivity contribution >= 4 is 13.6 Å². The van der Waals surface area contributed by atoms with Gasteiger partial charge in [-0.05, 0) is 97.8 Å². The van der Waals surface area contributed by atoms with Crippen LogP contribution in [0.1, 0.15) is 80.1 Å². The third-order valence-electron chi connectivity index (χ3n) is 8.52. The molecule has 1 N–H and O–H groups in total. The topological polar surface area (TPSA) is 38.8 Å². The summed E-state index contributed by atoms with van der Waals surface area (Å²) in [6.45, 7) is 19.9. The average Bonchev–Trinajstić information content (AvgIpc) is 2.73. The molecular weight excluding hydrogens is 391 g/mol. The molecule has 4 aliphatic rings. The fraction of sp³-hybridized carbons (Fsp3) is 0.958. The fourth-order valence-corrected chi connectivity index (χ4v) is 12.4. The van der Waals surface area contributed by atoms with Crippen LogP contribution < -0.4 is 5.32 Å². The van der Waals surface area contributed by atoms with Crippen molar-refractivity contribution in [2.24, 2.45) is 23.2 Å². The second kappa shape index (κ2) is 10.1. The number of hydrogen-bond acceptors (Lipinski definition) is 4. The van der Waals surface area contributed by atoms with Gasteiger partial charge in [-0.1, -0.05) is 0 Å². The van der Waals surface area contributed by atoms with Crippen molar-refractivity contribution in [3.8, 4) is 0 Å². The molecule has 4 bridgehead atoms. The Morgan fingerprint density at radius 3 is 1.37 bits per heavy atom. The molecule has 4 rings (SSSR count). The van der Waals surface area contributed by atoms with Gasteiger partial charge in [0.2, 0.25) is 13.6 Å². The molecule has 30 heavy (non-hydrogen) atoms. The quantitative estimate of drug-likeness (QED) is 0.431. The summed E-state index contributed by atoms with van der Waals surface area (Å²) in [4.78, 5) is 13.8. The van der Waals surface area contributed by atoms with E-state index in [0.717, 1.165) is 82.6 Å². The molecule has 5 nitrogen and oxygen atoms in total. The standard InChI is InChI=1S/C24H47N4OP/c1-7-26(8-2)30(27(9-3)10-4,28(11-5)12-6)19-25-23(29)24-16-20-13-21(17-24)15-22(14-20)18-24/h20-22H,7-19H2,1-6H3/p+1. The lowest BCUT2D eigenvalue weighted by Gasteiger charge is -2.55. The van der Waals surface area contributed by atoms with Crippen LogP contribution in [0, 0.1) is 23.2 Å². The van der Waals surface area contributed by atoms with Gasteiger partial charge in [0.1, 0.15) is 0 Å². The van der Waals surface area contributed by atoms with Crippen molar-refractivity contribution < 1.29 is 4.79 Å². The molecule has 4 aliphatic carbocycles. The molecule has 0 radical (unpaired) electrons. The lowest BCUT2D eigenvalue weighted by atomic mass is 9.49. The maximum Gasteiger partial charge on any atom is 0.247 e. The summed E-state index contributed by atoms with van der Waals surface area (Å²) in [7, 11) is -1.81. The highest BCUT2D eigenvalue weighted by atomic mass is 31.2. The van der Waals surface area contributed by atoms with Crippen LogP contribution in [0.2, 0.25) is 0 Å². The summed E-state index contributed by atoms with van der Waals surface area (Å²) in [5.74, 6) is 2.83. The van der Waals surface area contributed by atoms with E-state index in [1.54, 1.807) is 0 Å². The highest BCUT2D eigenvalue weighted by molar-refractivity contribution is 7.69. The van der Waals surface area contributed by atoms with Gasteiger partial charge in [-0.2, -0.15) is 0 Å². The van der Waals surface area contributed by atoms with Gasteiger partial charge in [-0.3, -0.25) is 4.79 Å². The van der Waals surface area contributed by atoms with E-state index in [1.165, 1.54) is 19.3 Å². The summed E-state index contributed by atoms with van der Waals surface area (Å²) < 4.78 is 8.02. The minimum absolute atomic E-state index is 0.0554. The number of hydrogen-bond donors (Lipinski definition) is 1. The Labute approximate surface area is 186 Å². The Kier molecular flexibility index (Phi) is 8.26. The molecule has 174 valence electrons. The number of carbonyl (C=O) groups is 1. The van der Waals surface area contributed by atoms with E-state index in [1.807, 2.05) is 0 Å². The lowest BCUT2D eigenvalue weighted by molar-refractivity contribution is -0.145. The van der Waals surface area contributed by atoms with E-state index in [9.17, 15) is 4.79 Å². The molecule has 1 amide bonds. The first kappa shape index (κ1) is 24.4. The minimum Gasteiger partial charge on any atom is -0.319 e. The van der Waals surface area contributed by atoms with Crippen LogP contribution >= 0.6 is 7.71 Å². The summed E-state index contributed by atoms with van der Waals surface area (Å²) in [6.07, 6.45) is 8.43. The molecule has 0 aromatic carbocycles. The summed E-state index contributed by atoms with van der Waals surface area (Å²) in [5.41, 5.74) is -0.0554. The van der Waals surface area contributed by atoms with Crippen molar-refractivity contribution in [3.63, 3.8) is 0 Å². The Morgan fingerprint density at radius 1 is 0.733 bits per heavy atom. The molecule has 0 spiro atoms. The zero-order valence-electron chi connectivity index (χ0n) is 20.6. The fourth-order valence-electron chi connectivity index (χ4n) is 7.62. The monoisotopic (exact) mass is 439 g/mol. The third kappa shape index (κ3) is 4.21. The minimum atomic E-state index is -1.81. The van der Waals surface area contributed by atoms with Crippen molar-refractivity contribution in [2.45, 2.75) is 80.1 Å². The van der Waals surface area contributed by atoms with Crippen LogP contribution in [0.4, 0.5) is 0 Å². The predicted molar refractivity (Wildman–Crippen MR) is 129 cm³/mol. The second-order valence-corrected chi connectivity index (χ2v) is 13.4. The Balaban J connectivity index is 1.86. The van der Waals surface area contributed by atoms with E-state index in [0.29, 0.717) is 5.91 Å². The van der Waals surface area contributed by atoms with E-state index >= 15 is 0 Å². The van der Waals surface area contributed by atoms with Crippen LogP contribution in [-0.4, -0.2) is 65.5 Å². The van der Waals surface area contributed by atoms with Gasteiger partial charge >= 0.3 is 0 Å². The van der Waals surface area contributed by atoms with Gasteiger partial charge < -0.3 is 5.32 Å². The predicted octanol–water partition coefficient (Wildman–Crippen LogP) is 5.06. The largest absolute Gasteiger partial charge is 0.319 e. The SMILES string of the molecule is CCN(CC)[P+](CNC(=O)C12CC3CC(CC(C3)C1)C2)(N(CC)CC)N(CC)CC. The first-order valence-corrected chi connectivity index (χ1v) is 14.7. The van der Waals surface area contributed by atoms with Crippen LogP contribution in [0.5, 0.6) is 0 Å². The van der Waals surface area contributed by atoms with Gasteiger partial charge in [0, 0.05) is 39.3 Å². The smallest absolute Gasteiger partial charge is 0.247 e. The molecule has 0 aliphatic heterocycles. The summed E-state index contributed by atoms with van der Waals surface area (Å²) in [5, 5.41) is 3.61. The van der Waals surface area contributed by atoms with E-state index in [4.69, 9.17) is 0 Å². The number of nitrogens with one attached hydrogen (secondary N) is 1. The molecular formula is C24H48N4OP+. The first-order valence-electron chi connectivity index (χ1n) is 12.8. The van der Waals surface area contributed by atoms with Crippen LogP contribution in [0.15, 0.2) is 0 Å². The molecule has 4 fully saturated rings. The molecule has 0 aromatic rings. The van der Waals surface area contributed by atoms with Gasteiger partial charge in [-0.25, -0.2) is 0 Å². The number of carbonyl (C=O) groups excluding carboxylic acids is 1. The van der Waals surface area contributed by atoms with Crippen LogP contribution in [0.25, 0.3) is 0 Å². The van der Waals surface area contributed by atoms with Gasteiger partial charge in [0.15, 0.2) is 6.29 Å². The lowest BCUT2D eigenvalue weighted by Crippen LogP contribution is -2.56. The maximum absolute atomic E-state index is 13.8. The summed E-state index contributed by atoms with van der Waals surface area (Å²) in [6, 6.07) is 0. The summed E-state index contributed by atoms with van der Waals surface area (Å²) >= 11 is 0. The molecule has 0 saturated heterocycles. The average molecular weight is 440 g/mol. The van der Waals surface area contributed by atoms with E-state index < -0.39 is 7.71 Å². The zero-order valence-corrected chi connectivity index (χ0v) is 21.5. The molecule has 0 unspecified atom stereocenters. The number of nitrogens with zero attached hydrogens (tertiary/aromatic N) is 3. The zero-order chi connectivity index (χ0) is 21.9. The first-order chi connectivity index (χ1) is 14.4. The molecule has 6 heteroatoms. The van der Waals surface area contributed by atoms with E-state index in [-0.39, 0.29) is 5.41 Å². The Morgan fingerprint density at radius 2 is 1.07 bits per heavy atom. The number of rotatable bonds is 12. The Hall–Kier alpha value is -0.220. The number of amides is 1. The molecule has 4 saturated carbocycles. The highest BCUT2D eigenvalue weighted by Crippen LogP contribution is 2.67. The maximum atomic E-state index is 13.8. The second-order valence-electron chi connectivity index (χ2n) is 9.97. The van der Waals surface area contributed by atoms with Gasteiger partial charge in [0.05, 0.1) is 5.41 Å². The van der Waals surface area contributed by atoms with Crippen molar-refractivity contribution in [1.82, 2.24) is 19.3 Å². The van der Waals surface area contributed by atoms with Gasteiger partial charge in [0.25, 0.3) is 0 Å². The van der Waals surface area contributed by atoms with Crippen molar-refractivity contribution in [2.75, 3.05) is 45.6 Å². The molecule has 0 heterocycles. The molecule has 0 atom stereocenters. The van der Waals surface area contributed by atoms with Crippen molar-refractivity contribution in [3.05, 3.63) is 0 Å². The van der Waals surface area contributed by atoms with Crippen LogP contribution in [0.3, 0.4) is 0 Å². The third-order valence-corrected chi connectivity index (χ3v) is 13.5. The van der Waals surface area contributed by atoms with E-state index in [2.05, 4.69) is 60.9 Å². The highest BCUT2D eigenvalue weighted by Gasteiger charge is 2.57. The Bertz CT molecular complexity index is 505. The van der Waals surface area contributed by atoms with Crippen LogP contribution in [-0.2, 0) is 4.79 Å². The van der Waals surface area contributed by atoms with Gasteiger partial charge in [-0.15, -0.1) is 14.0 Å².